The molecule has 146 valence electrons. The Kier molecular flexibility index (Phi) is 7.09. The van der Waals surface area contributed by atoms with Crippen LogP contribution < -0.4 is 0 Å². The predicted molar refractivity (Wildman–Crippen MR) is 122 cm³/mol. The monoisotopic (exact) mass is 574 g/mol. The average Bonchev–Trinajstić information content (AvgIpc) is 2.77. The number of hydrogen-bond donors (Lipinski definition) is 1. The second-order valence-electron chi connectivity index (χ2n) is 9.42. The van der Waals surface area contributed by atoms with E-state index in [1.54, 1.807) is 0 Å². The van der Waals surface area contributed by atoms with Crippen LogP contribution in [0, 0.1) is 29.1 Å². The predicted octanol–water partition coefficient (Wildman–Crippen LogP) is 6.01. The molecule has 0 aromatic rings. The van der Waals surface area contributed by atoms with Gasteiger partial charge in [0.25, 0.3) is 0 Å². The second-order valence-corrected chi connectivity index (χ2v) is 12.1. The van der Waals surface area contributed by atoms with Gasteiger partial charge in [0.15, 0.2) is 0 Å². The van der Waals surface area contributed by atoms with E-state index < -0.39 is 0 Å². The molecule has 3 saturated carbocycles. The molecule has 0 aromatic heterocycles. The first-order chi connectivity index (χ1) is 11.8. The highest BCUT2D eigenvalue weighted by molar-refractivity contribution is 14.1. The summed E-state index contributed by atoms with van der Waals surface area (Å²) in [5.41, 5.74) is 0.407. The van der Waals surface area contributed by atoms with E-state index >= 15 is 0 Å². The zero-order valence-electron chi connectivity index (χ0n) is 16.1. The molecule has 0 amide bonds. The third-order valence-electron chi connectivity index (χ3n) is 8.10. The van der Waals surface area contributed by atoms with Crippen molar-refractivity contribution in [2.24, 2.45) is 29.1 Å². The van der Waals surface area contributed by atoms with Crippen molar-refractivity contribution in [3.8, 4) is 0 Å². The van der Waals surface area contributed by atoms with Crippen LogP contribution in [0.3, 0.4) is 0 Å². The fourth-order valence-electron chi connectivity index (χ4n) is 6.71. The van der Waals surface area contributed by atoms with Gasteiger partial charge in [-0.1, -0.05) is 64.9 Å². The maximum Gasteiger partial charge on any atom is 0.0721 e. The van der Waals surface area contributed by atoms with Crippen molar-refractivity contribution in [3.05, 3.63) is 0 Å². The number of hydrogen-bond acceptors (Lipinski definition) is 2. The van der Waals surface area contributed by atoms with E-state index in [0.717, 1.165) is 45.1 Å². The fraction of sp³-hybridized carbons (Fsp3) is 1.00. The Morgan fingerprint density at radius 1 is 1.20 bits per heavy atom. The van der Waals surface area contributed by atoms with E-state index in [1.807, 2.05) is 6.92 Å². The van der Waals surface area contributed by atoms with E-state index in [4.69, 9.17) is 4.74 Å². The second kappa shape index (κ2) is 8.40. The molecule has 3 rings (SSSR count). The van der Waals surface area contributed by atoms with Gasteiger partial charge >= 0.3 is 0 Å². The molecule has 0 aliphatic heterocycles. The van der Waals surface area contributed by atoms with Crippen molar-refractivity contribution in [2.45, 2.75) is 87.8 Å². The van der Waals surface area contributed by atoms with Crippen molar-refractivity contribution in [3.63, 3.8) is 0 Å². The standard InChI is InChI=1S/C21H36I2O2/c1-14(24)7-8-15-5-4-6-17-16(15)9-10-20(2)19(17)18(23)13-21(20,3)25-12-11-22/h14-19,24H,4-13H2,1-3H3. The highest BCUT2D eigenvalue weighted by atomic mass is 127. The van der Waals surface area contributed by atoms with Gasteiger partial charge in [0, 0.05) is 13.8 Å². The van der Waals surface area contributed by atoms with Crippen LogP contribution in [-0.4, -0.2) is 31.8 Å². The van der Waals surface area contributed by atoms with Gasteiger partial charge in [-0.15, -0.1) is 0 Å². The molecule has 25 heavy (non-hydrogen) atoms. The number of alkyl halides is 2. The summed E-state index contributed by atoms with van der Waals surface area (Å²) in [7, 11) is 0. The molecule has 0 radical (unpaired) electrons. The van der Waals surface area contributed by atoms with E-state index in [-0.39, 0.29) is 11.7 Å². The maximum atomic E-state index is 9.75. The average molecular weight is 574 g/mol. The van der Waals surface area contributed by atoms with E-state index in [2.05, 4.69) is 59.0 Å². The van der Waals surface area contributed by atoms with Crippen LogP contribution in [0.25, 0.3) is 0 Å². The molecule has 1 N–H and O–H groups in total. The molecule has 0 spiro atoms. The van der Waals surface area contributed by atoms with Crippen molar-refractivity contribution >= 4 is 45.2 Å². The molecule has 0 bridgehead atoms. The minimum atomic E-state index is -0.136. The van der Waals surface area contributed by atoms with Gasteiger partial charge in [-0.25, -0.2) is 0 Å². The first kappa shape index (κ1) is 21.1. The van der Waals surface area contributed by atoms with Gasteiger partial charge in [-0.2, -0.15) is 0 Å². The summed E-state index contributed by atoms with van der Waals surface area (Å²) in [5, 5.41) is 9.75. The quantitative estimate of drug-likeness (QED) is 0.311. The highest BCUT2D eigenvalue weighted by Gasteiger charge is 2.64. The number of fused-ring (bicyclic) bond motifs is 3. The van der Waals surface area contributed by atoms with Crippen LogP contribution >= 0.6 is 45.2 Å². The van der Waals surface area contributed by atoms with Gasteiger partial charge < -0.3 is 9.84 Å². The lowest BCUT2D eigenvalue weighted by Gasteiger charge is -2.55. The van der Waals surface area contributed by atoms with Crippen LogP contribution in [0.5, 0.6) is 0 Å². The summed E-state index contributed by atoms with van der Waals surface area (Å²) in [4.78, 5) is 0. The van der Waals surface area contributed by atoms with Crippen molar-refractivity contribution in [1.29, 1.82) is 0 Å². The van der Waals surface area contributed by atoms with Crippen LogP contribution in [0.1, 0.15) is 72.1 Å². The molecule has 0 heterocycles. The normalized spacial score (nSPS) is 48.0. The Balaban J connectivity index is 1.79. The topological polar surface area (TPSA) is 29.5 Å². The van der Waals surface area contributed by atoms with E-state index in [1.165, 1.54) is 44.9 Å². The van der Waals surface area contributed by atoms with Gasteiger partial charge in [0.2, 0.25) is 0 Å². The lowest BCUT2D eigenvalue weighted by molar-refractivity contribution is -0.142. The van der Waals surface area contributed by atoms with Crippen molar-refractivity contribution < 1.29 is 9.84 Å². The first-order valence-corrected chi connectivity index (χ1v) is 13.1. The molecule has 8 atom stereocenters. The summed E-state index contributed by atoms with van der Waals surface area (Å²) in [6, 6.07) is 0. The lowest BCUT2D eigenvalue weighted by atomic mass is 9.52. The van der Waals surface area contributed by atoms with Gasteiger partial charge in [-0.05, 0) is 76.0 Å². The Morgan fingerprint density at radius 3 is 2.64 bits per heavy atom. The maximum absolute atomic E-state index is 9.75. The van der Waals surface area contributed by atoms with Crippen LogP contribution in [0.2, 0.25) is 0 Å². The highest BCUT2D eigenvalue weighted by Crippen LogP contribution is 2.66. The number of halogens is 2. The number of ether oxygens (including phenoxy) is 1. The number of aliphatic hydroxyl groups excluding tert-OH is 1. The number of aliphatic hydroxyl groups is 1. The van der Waals surface area contributed by atoms with Crippen LogP contribution in [-0.2, 0) is 4.74 Å². The van der Waals surface area contributed by atoms with Crippen LogP contribution in [0.15, 0.2) is 0 Å². The Bertz CT molecular complexity index is 457. The van der Waals surface area contributed by atoms with Crippen molar-refractivity contribution in [2.75, 3.05) is 11.0 Å². The zero-order valence-corrected chi connectivity index (χ0v) is 20.5. The first-order valence-electron chi connectivity index (χ1n) is 10.3. The van der Waals surface area contributed by atoms with E-state index in [0.29, 0.717) is 5.41 Å². The summed E-state index contributed by atoms with van der Waals surface area (Å²) in [5.74, 6) is 3.46. The van der Waals surface area contributed by atoms with Gasteiger partial charge in [0.1, 0.15) is 0 Å². The molecule has 4 heteroatoms. The third kappa shape index (κ3) is 3.93. The van der Waals surface area contributed by atoms with Crippen molar-refractivity contribution in [1.82, 2.24) is 0 Å². The van der Waals surface area contributed by atoms with Crippen LogP contribution in [0.4, 0.5) is 0 Å². The summed E-state index contributed by atoms with van der Waals surface area (Å²) in [6.07, 6.45) is 10.2. The minimum Gasteiger partial charge on any atom is -0.393 e. The SMILES string of the molecule is CC(O)CCC1CCCC2C1CCC1(C)C2C(I)CC1(C)OCCI. The molecule has 2 nitrogen and oxygen atoms in total. The molecule has 8 unspecified atom stereocenters. The molecule has 0 aromatic carbocycles. The minimum absolute atomic E-state index is 0.0617. The van der Waals surface area contributed by atoms with Gasteiger partial charge in [-0.3, -0.25) is 0 Å². The molecule has 3 aliphatic rings. The summed E-state index contributed by atoms with van der Waals surface area (Å²) in [6.45, 7) is 7.82. The Morgan fingerprint density at radius 2 is 1.96 bits per heavy atom. The molecular weight excluding hydrogens is 538 g/mol. The number of rotatable bonds is 6. The smallest absolute Gasteiger partial charge is 0.0721 e. The third-order valence-corrected chi connectivity index (χ3v) is 9.75. The fourth-order valence-corrected chi connectivity index (χ4v) is 9.10. The summed E-state index contributed by atoms with van der Waals surface area (Å²) >= 11 is 5.20. The lowest BCUT2D eigenvalue weighted by Crippen LogP contribution is -2.52. The summed E-state index contributed by atoms with van der Waals surface area (Å²) < 4.78 is 8.37. The molecule has 0 saturated heterocycles. The zero-order chi connectivity index (χ0) is 18.2. The Hall–Kier alpha value is 1.38. The van der Waals surface area contributed by atoms with Gasteiger partial charge in [0.05, 0.1) is 18.3 Å². The largest absolute Gasteiger partial charge is 0.393 e. The molecule has 3 fully saturated rings. The van der Waals surface area contributed by atoms with E-state index in [9.17, 15) is 5.11 Å². The molecule has 3 aliphatic carbocycles. The Labute approximate surface area is 181 Å². The molecular formula is C21H36I2O2.